The number of hydrogen-bond donors (Lipinski definition) is 0. The highest BCUT2D eigenvalue weighted by atomic mass is 19.3. The number of carbonyl (C=O) groups is 1. The Morgan fingerprint density at radius 2 is 2.10 bits per heavy atom. The van der Waals surface area contributed by atoms with Crippen molar-refractivity contribution in [3.63, 3.8) is 0 Å². The summed E-state index contributed by atoms with van der Waals surface area (Å²) in [4.78, 5) is 15.6. The summed E-state index contributed by atoms with van der Waals surface area (Å²) >= 11 is 0. The number of rotatable bonds is 5. The fourth-order valence-electron chi connectivity index (χ4n) is 1.87. The molecule has 0 radical (unpaired) electrons. The first-order valence-corrected chi connectivity index (χ1v) is 6.16. The molecule has 0 bridgehead atoms. The first-order valence-electron chi connectivity index (χ1n) is 6.16. The van der Waals surface area contributed by atoms with E-state index in [1.54, 1.807) is 19.1 Å². The summed E-state index contributed by atoms with van der Waals surface area (Å²) in [5, 5.41) is 0.475. The Labute approximate surface area is 119 Å². The summed E-state index contributed by atoms with van der Waals surface area (Å²) < 4.78 is 39.3. The van der Waals surface area contributed by atoms with Gasteiger partial charge in [0.1, 0.15) is 11.3 Å². The molecule has 0 unspecified atom stereocenters. The Morgan fingerprint density at radius 1 is 1.33 bits per heavy atom. The lowest BCUT2D eigenvalue weighted by Gasteiger charge is -2.12. The van der Waals surface area contributed by atoms with Crippen LogP contribution in [0.1, 0.15) is 17.4 Å². The molecule has 5 nitrogen and oxygen atoms in total. The maximum absolute atomic E-state index is 12.4. The standard InChI is InChI=1S/C14H13F2NO4/c1-3-20-11-7-9(13(18)19-2)17-12-8(11)5-4-6-10(12)21-14(15)16/h4-7,14H,3H2,1-2H3. The summed E-state index contributed by atoms with van der Waals surface area (Å²) in [6, 6.07) is 5.94. The van der Waals surface area contributed by atoms with Crippen LogP contribution in [0.2, 0.25) is 0 Å². The lowest BCUT2D eigenvalue weighted by molar-refractivity contribution is -0.0489. The van der Waals surface area contributed by atoms with Gasteiger partial charge < -0.3 is 14.2 Å². The first-order chi connectivity index (χ1) is 10.1. The van der Waals surface area contributed by atoms with Gasteiger partial charge in [0.25, 0.3) is 0 Å². The van der Waals surface area contributed by atoms with Gasteiger partial charge in [-0.2, -0.15) is 8.78 Å². The van der Waals surface area contributed by atoms with Crippen LogP contribution in [0, 0.1) is 0 Å². The molecule has 0 saturated heterocycles. The molecule has 0 spiro atoms. The Balaban J connectivity index is 2.67. The SMILES string of the molecule is CCOc1cc(C(=O)OC)nc2c(OC(F)F)cccc12. The van der Waals surface area contributed by atoms with Crippen molar-refractivity contribution in [2.45, 2.75) is 13.5 Å². The average molecular weight is 297 g/mol. The maximum Gasteiger partial charge on any atom is 0.387 e. The summed E-state index contributed by atoms with van der Waals surface area (Å²) in [6.07, 6.45) is 0. The third kappa shape index (κ3) is 3.18. The Kier molecular flexibility index (Phi) is 4.52. The van der Waals surface area contributed by atoms with Crippen LogP contribution >= 0.6 is 0 Å². The number of carbonyl (C=O) groups excluding carboxylic acids is 1. The van der Waals surface area contributed by atoms with E-state index in [0.717, 1.165) is 0 Å². The molecule has 0 aliphatic carbocycles. The summed E-state index contributed by atoms with van der Waals surface area (Å²) in [5.74, 6) is -0.471. The molecule has 0 saturated carbocycles. The highest BCUT2D eigenvalue weighted by Gasteiger charge is 2.17. The van der Waals surface area contributed by atoms with E-state index < -0.39 is 12.6 Å². The van der Waals surface area contributed by atoms with Crippen molar-refractivity contribution in [1.29, 1.82) is 0 Å². The van der Waals surface area contributed by atoms with Crippen LogP contribution in [0.4, 0.5) is 8.78 Å². The second kappa shape index (κ2) is 6.34. The summed E-state index contributed by atoms with van der Waals surface area (Å²) in [5.41, 5.74) is 0.0721. The number of fused-ring (bicyclic) bond motifs is 1. The molecule has 0 fully saturated rings. The van der Waals surface area contributed by atoms with Gasteiger partial charge in [-0.15, -0.1) is 0 Å². The number of alkyl halides is 2. The van der Waals surface area contributed by atoms with E-state index in [1.165, 1.54) is 19.2 Å². The predicted molar refractivity (Wildman–Crippen MR) is 70.9 cm³/mol. The summed E-state index contributed by atoms with van der Waals surface area (Å²) in [7, 11) is 1.20. The summed E-state index contributed by atoms with van der Waals surface area (Å²) in [6.45, 7) is -0.877. The minimum absolute atomic E-state index is 0.0428. The highest BCUT2D eigenvalue weighted by molar-refractivity contribution is 5.96. The number of nitrogens with zero attached hydrogens (tertiary/aromatic N) is 1. The third-order valence-corrected chi connectivity index (χ3v) is 2.67. The molecule has 2 aromatic rings. The number of halogens is 2. The van der Waals surface area contributed by atoms with Gasteiger partial charge in [-0.25, -0.2) is 9.78 Å². The second-order valence-corrected chi connectivity index (χ2v) is 3.96. The number of pyridine rings is 1. The number of hydrogen-bond acceptors (Lipinski definition) is 5. The topological polar surface area (TPSA) is 57.7 Å². The van der Waals surface area contributed by atoms with Gasteiger partial charge in [0.05, 0.1) is 13.7 Å². The molecule has 0 N–H and O–H groups in total. The molecule has 1 heterocycles. The Bertz CT molecular complexity index is 661. The van der Waals surface area contributed by atoms with E-state index in [0.29, 0.717) is 17.7 Å². The maximum atomic E-state index is 12.4. The lowest BCUT2D eigenvalue weighted by Crippen LogP contribution is -2.08. The Hall–Kier alpha value is -2.44. The molecule has 7 heteroatoms. The zero-order chi connectivity index (χ0) is 15.4. The lowest BCUT2D eigenvalue weighted by atomic mass is 10.1. The monoisotopic (exact) mass is 297 g/mol. The van der Waals surface area contributed by atoms with Crippen LogP contribution in [-0.2, 0) is 4.74 Å². The molecule has 0 atom stereocenters. The molecular weight excluding hydrogens is 284 g/mol. The van der Waals surface area contributed by atoms with Crippen LogP contribution in [0.3, 0.4) is 0 Å². The van der Waals surface area contributed by atoms with E-state index in [2.05, 4.69) is 14.5 Å². The van der Waals surface area contributed by atoms with Crippen LogP contribution in [0.15, 0.2) is 24.3 Å². The molecule has 2 rings (SSSR count). The molecule has 0 amide bonds. The molecular formula is C14H13F2NO4. The van der Waals surface area contributed by atoms with Crippen molar-refractivity contribution in [3.8, 4) is 11.5 Å². The molecule has 1 aromatic heterocycles. The van der Waals surface area contributed by atoms with E-state index in [4.69, 9.17) is 4.74 Å². The Morgan fingerprint density at radius 3 is 2.71 bits per heavy atom. The highest BCUT2D eigenvalue weighted by Crippen LogP contribution is 2.32. The largest absolute Gasteiger partial charge is 0.493 e. The van der Waals surface area contributed by atoms with E-state index in [-0.39, 0.29) is 17.0 Å². The zero-order valence-electron chi connectivity index (χ0n) is 11.4. The van der Waals surface area contributed by atoms with Crippen molar-refractivity contribution < 1.29 is 27.8 Å². The fourth-order valence-corrected chi connectivity index (χ4v) is 1.87. The molecule has 112 valence electrons. The molecule has 1 aromatic carbocycles. The predicted octanol–water partition coefficient (Wildman–Crippen LogP) is 3.02. The molecule has 0 aliphatic rings. The average Bonchev–Trinajstić information content (AvgIpc) is 2.46. The van der Waals surface area contributed by atoms with Crippen LogP contribution < -0.4 is 9.47 Å². The molecule has 21 heavy (non-hydrogen) atoms. The van der Waals surface area contributed by atoms with Gasteiger partial charge in [0.2, 0.25) is 0 Å². The smallest absolute Gasteiger partial charge is 0.387 e. The van der Waals surface area contributed by atoms with Crippen molar-refractivity contribution in [3.05, 3.63) is 30.0 Å². The minimum Gasteiger partial charge on any atom is -0.493 e. The van der Waals surface area contributed by atoms with Gasteiger partial charge in [-0.05, 0) is 19.1 Å². The van der Waals surface area contributed by atoms with Crippen molar-refractivity contribution in [1.82, 2.24) is 4.98 Å². The number of para-hydroxylation sites is 1. The number of methoxy groups -OCH3 is 1. The van der Waals surface area contributed by atoms with Crippen molar-refractivity contribution in [2.75, 3.05) is 13.7 Å². The quantitative estimate of drug-likeness (QED) is 0.794. The minimum atomic E-state index is -2.99. The van der Waals surface area contributed by atoms with Crippen molar-refractivity contribution >= 4 is 16.9 Å². The van der Waals surface area contributed by atoms with Gasteiger partial charge in [0.15, 0.2) is 11.4 Å². The normalized spacial score (nSPS) is 10.7. The van der Waals surface area contributed by atoms with E-state index >= 15 is 0 Å². The van der Waals surface area contributed by atoms with Crippen LogP contribution in [-0.4, -0.2) is 31.3 Å². The second-order valence-electron chi connectivity index (χ2n) is 3.96. The zero-order valence-corrected chi connectivity index (χ0v) is 11.4. The first kappa shape index (κ1) is 15.0. The fraction of sp³-hybridized carbons (Fsp3) is 0.286. The number of esters is 1. The van der Waals surface area contributed by atoms with E-state index in [1.807, 2.05) is 0 Å². The number of aromatic nitrogens is 1. The third-order valence-electron chi connectivity index (χ3n) is 2.67. The van der Waals surface area contributed by atoms with Gasteiger partial charge in [-0.1, -0.05) is 6.07 Å². The van der Waals surface area contributed by atoms with Crippen LogP contribution in [0.5, 0.6) is 11.5 Å². The van der Waals surface area contributed by atoms with Gasteiger partial charge >= 0.3 is 12.6 Å². The molecule has 0 aliphatic heterocycles. The van der Waals surface area contributed by atoms with Gasteiger partial charge in [-0.3, -0.25) is 0 Å². The number of benzene rings is 1. The van der Waals surface area contributed by atoms with Crippen LogP contribution in [0.25, 0.3) is 10.9 Å². The van der Waals surface area contributed by atoms with E-state index in [9.17, 15) is 13.6 Å². The van der Waals surface area contributed by atoms with Gasteiger partial charge in [0, 0.05) is 11.5 Å². The van der Waals surface area contributed by atoms with Crippen molar-refractivity contribution in [2.24, 2.45) is 0 Å². The number of ether oxygens (including phenoxy) is 3.